The van der Waals surface area contributed by atoms with Crippen molar-refractivity contribution in [3.63, 3.8) is 0 Å². The molecule has 4 rings (SSSR count). The fraction of sp³-hybridized carbons (Fsp3) is 0.346. The quantitative estimate of drug-likeness (QED) is 0.399. The standard InChI is InChI=1S/C26H27F3N4O2S/c1-2-12-30-25(35)33-13-10-17(11-14-33)24-32-22(16-36-24)23(34)31-21-9-4-3-8-20(21)18-6-5-7-19(15-18)26(27,28)29/h3-9,15-17H,2,10-14H2,1H3,(H,30,35)(H,31,34). The lowest BCUT2D eigenvalue weighted by atomic mass is 9.98. The van der Waals surface area contributed by atoms with Crippen molar-refractivity contribution >= 4 is 29.0 Å². The molecular formula is C26H27F3N4O2S. The fourth-order valence-electron chi connectivity index (χ4n) is 4.15. The van der Waals surface area contributed by atoms with Gasteiger partial charge >= 0.3 is 12.2 Å². The molecule has 1 aliphatic rings. The Hall–Kier alpha value is -3.40. The van der Waals surface area contributed by atoms with E-state index in [0.717, 1.165) is 36.4 Å². The minimum atomic E-state index is -4.46. The first-order valence-corrected chi connectivity index (χ1v) is 12.7. The van der Waals surface area contributed by atoms with Crippen LogP contribution in [-0.4, -0.2) is 41.5 Å². The van der Waals surface area contributed by atoms with Gasteiger partial charge < -0.3 is 15.5 Å². The summed E-state index contributed by atoms with van der Waals surface area (Å²) in [7, 11) is 0. The molecule has 0 saturated carbocycles. The molecule has 190 valence electrons. The van der Waals surface area contributed by atoms with Gasteiger partial charge in [-0.25, -0.2) is 9.78 Å². The van der Waals surface area contributed by atoms with E-state index >= 15 is 0 Å². The van der Waals surface area contributed by atoms with Crippen LogP contribution in [0.15, 0.2) is 53.9 Å². The van der Waals surface area contributed by atoms with Crippen LogP contribution in [0, 0.1) is 0 Å². The highest BCUT2D eigenvalue weighted by Crippen LogP contribution is 2.35. The number of likely N-dealkylation sites (tertiary alicyclic amines) is 1. The second-order valence-electron chi connectivity index (χ2n) is 8.64. The Bertz CT molecular complexity index is 1220. The van der Waals surface area contributed by atoms with Crippen molar-refractivity contribution in [2.75, 3.05) is 25.0 Å². The van der Waals surface area contributed by atoms with Gasteiger partial charge in [0.1, 0.15) is 5.69 Å². The smallest absolute Gasteiger partial charge is 0.338 e. The van der Waals surface area contributed by atoms with Crippen molar-refractivity contribution in [3.05, 3.63) is 70.2 Å². The Balaban J connectivity index is 1.43. The second kappa shape index (κ2) is 11.1. The van der Waals surface area contributed by atoms with E-state index in [9.17, 15) is 22.8 Å². The molecule has 10 heteroatoms. The summed E-state index contributed by atoms with van der Waals surface area (Å²) in [6, 6.07) is 11.7. The highest BCUT2D eigenvalue weighted by molar-refractivity contribution is 7.10. The monoisotopic (exact) mass is 516 g/mol. The number of halogens is 3. The molecule has 0 bridgehead atoms. The van der Waals surface area contributed by atoms with Gasteiger partial charge in [0, 0.05) is 42.2 Å². The number of alkyl halides is 3. The fourth-order valence-corrected chi connectivity index (χ4v) is 5.12. The number of nitrogens with one attached hydrogen (secondary N) is 2. The van der Waals surface area contributed by atoms with E-state index < -0.39 is 17.6 Å². The number of para-hydroxylation sites is 1. The summed E-state index contributed by atoms with van der Waals surface area (Å²) in [5.74, 6) is -0.252. The van der Waals surface area contributed by atoms with Crippen LogP contribution in [0.4, 0.5) is 23.7 Å². The Kier molecular flexibility index (Phi) is 7.93. The first kappa shape index (κ1) is 25.7. The number of carbonyl (C=O) groups is 2. The average molecular weight is 517 g/mol. The lowest BCUT2D eigenvalue weighted by molar-refractivity contribution is -0.137. The van der Waals surface area contributed by atoms with E-state index in [-0.39, 0.29) is 17.6 Å². The second-order valence-corrected chi connectivity index (χ2v) is 9.53. The van der Waals surface area contributed by atoms with E-state index in [2.05, 4.69) is 15.6 Å². The molecule has 1 aliphatic heterocycles. The van der Waals surface area contributed by atoms with Gasteiger partial charge in [-0.3, -0.25) is 4.79 Å². The Morgan fingerprint density at radius 1 is 1.11 bits per heavy atom. The van der Waals surface area contributed by atoms with Gasteiger partial charge in [-0.2, -0.15) is 13.2 Å². The number of anilines is 1. The molecular weight excluding hydrogens is 489 g/mol. The van der Waals surface area contributed by atoms with Gasteiger partial charge in [0.25, 0.3) is 5.91 Å². The number of hydrogen-bond donors (Lipinski definition) is 2. The molecule has 6 nitrogen and oxygen atoms in total. The lowest BCUT2D eigenvalue weighted by Gasteiger charge is -2.31. The van der Waals surface area contributed by atoms with Crippen molar-refractivity contribution < 1.29 is 22.8 Å². The number of amides is 3. The normalized spacial score (nSPS) is 14.5. The third-order valence-electron chi connectivity index (χ3n) is 6.09. The summed E-state index contributed by atoms with van der Waals surface area (Å²) in [6.45, 7) is 3.92. The molecule has 0 radical (unpaired) electrons. The van der Waals surface area contributed by atoms with Gasteiger partial charge in [0.05, 0.1) is 10.6 Å². The van der Waals surface area contributed by atoms with Crippen LogP contribution in [0.5, 0.6) is 0 Å². The predicted molar refractivity (Wildman–Crippen MR) is 134 cm³/mol. The molecule has 3 amide bonds. The first-order valence-electron chi connectivity index (χ1n) is 11.8. The molecule has 0 spiro atoms. The van der Waals surface area contributed by atoms with E-state index in [1.165, 1.54) is 17.4 Å². The molecule has 3 aromatic rings. The molecule has 1 aromatic heterocycles. The molecule has 1 saturated heterocycles. The molecule has 2 heterocycles. The van der Waals surface area contributed by atoms with Crippen LogP contribution in [0.3, 0.4) is 0 Å². The van der Waals surface area contributed by atoms with Crippen LogP contribution >= 0.6 is 11.3 Å². The van der Waals surface area contributed by atoms with Crippen LogP contribution in [0.25, 0.3) is 11.1 Å². The van der Waals surface area contributed by atoms with Gasteiger partial charge in [0.2, 0.25) is 0 Å². The van der Waals surface area contributed by atoms with Crippen molar-refractivity contribution in [1.29, 1.82) is 0 Å². The SMILES string of the molecule is CCCNC(=O)N1CCC(c2nc(C(=O)Nc3ccccc3-c3cccc(C(F)(F)F)c3)cs2)CC1. The number of hydrogen-bond acceptors (Lipinski definition) is 4. The van der Waals surface area contributed by atoms with Gasteiger partial charge in [-0.15, -0.1) is 11.3 Å². The highest BCUT2D eigenvalue weighted by atomic mass is 32.1. The minimum absolute atomic E-state index is 0.0473. The van der Waals surface area contributed by atoms with Crippen LogP contribution in [0.1, 0.15) is 53.2 Å². The maximum Gasteiger partial charge on any atom is 0.416 e. The first-order chi connectivity index (χ1) is 17.3. The molecule has 0 atom stereocenters. The van der Waals surface area contributed by atoms with Crippen molar-refractivity contribution in [3.8, 4) is 11.1 Å². The number of thiazole rings is 1. The van der Waals surface area contributed by atoms with E-state index in [0.29, 0.717) is 36.4 Å². The van der Waals surface area contributed by atoms with Crippen molar-refractivity contribution in [2.24, 2.45) is 0 Å². The minimum Gasteiger partial charge on any atom is -0.338 e. The molecule has 0 aliphatic carbocycles. The summed E-state index contributed by atoms with van der Waals surface area (Å²) in [4.78, 5) is 31.5. The third-order valence-corrected chi connectivity index (χ3v) is 7.10. The van der Waals surface area contributed by atoms with Gasteiger partial charge in [-0.1, -0.05) is 37.3 Å². The zero-order valence-electron chi connectivity index (χ0n) is 19.8. The van der Waals surface area contributed by atoms with E-state index in [1.807, 2.05) is 6.92 Å². The number of urea groups is 1. The number of rotatable bonds is 6. The zero-order valence-corrected chi connectivity index (χ0v) is 20.6. The summed E-state index contributed by atoms with van der Waals surface area (Å²) in [6.07, 6.45) is -2.03. The van der Waals surface area contributed by atoms with E-state index in [4.69, 9.17) is 0 Å². The lowest BCUT2D eigenvalue weighted by Crippen LogP contribution is -2.44. The van der Waals surface area contributed by atoms with Crippen molar-refractivity contribution in [1.82, 2.24) is 15.2 Å². The van der Waals surface area contributed by atoms with Gasteiger partial charge in [-0.05, 0) is 43.0 Å². The molecule has 0 unspecified atom stereocenters. The van der Waals surface area contributed by atoms with Crippen molar-refractivity contribution in [2.45, 2.75) is 38.3 Å². The number of aromatic nitrogens is 1. The Labute approximate surface area is 211 Å². The van der Waals surface area contributed by atoms with Crippen LogP contribution in [0.2, 0.25) is 0 Å². The Morgan fingerprint density at radius 3 is 2.58 bits per heavy atom. The summed E-state index contributed by atoms with van der Waals surface area (Å²) < 4.78 is 39.5. The predicted octanol–water partition coefficient (Wildman–Crippen LogP) is 6.38. The number of carbonyl (C=O) groups excluding carboxylic acids is 2. The topological polar surface area (TPSA) is 74.3 Å². The summed E-state index contributed by atoms with van der Waals surface area (Å²) in [5.41, 5.74) is 0.759. The number of piperidine rings is 1. The largest absolute Gasteiger partial charge is 0.416 e. The molecule has 2 N–H and O–H groups in total. The molecule has 36 heavy (non-hydrogen) atoms. The average Bonchev–Trinajstić information content (AvgIpc) is 3.38. The van der Waals surface area contributed by atoms with Crippen LogP contribution < -0.4 is 10.6 Å². The van der Waals surface area contributed by atoms with Gasteiger partial charge in [0.15, 0.2) is 0 Å². The van der Waals surface area contributed by atoms with Crippen LogP contribution in [-0.2, 0) is 6.18 Å². The maximum atomic E-state index is 13.2. The number of nitrogens with zero attached hydrogens (tertiary/aromatic N) is 2. The Morgan fingerprint density at radius 2 is 1.86 bits per heavy atom. The van der Waals surface area contributed by atoms with E-state index in [1.54, 1.807) is 40.6 Å². The maximum absolute atomic E-state index is 13.2. The summed E-state index contributed by atoms with van der Waals surface area (Å²) >= 11 is 1.41. The third kappa shape index (κ3) is 6.04. The highest BCUT2D eigenvalue weighted by Gasteiger charge is 2.31. The summed E-state index contributed by atoms with van der Waals surface area (Å²) in [5, 5.41) is 8.23. The zero-order chi connectivity index (χ0) is 25.7. The number of benzene rings is 2. The molecule has 2 aromatic carbocycles. The molecule has 1 fully saturated rings.